The van der Waals surface area contributed by atoms with E-state index in [4.69, 9.17) is 10.5 Å². The van der Waals surface area contributed by atoms with Gasteiger partial charge >= 0.3 is 0 Å². The summed E-state index contributed by atoms with van der Waals surface area (Å²) in [5.74, 6) is -0.156. The second-order valence-electron chi connectivity index (χ2n) is 6.38. The van der Waals surface area contributed by atoms with Crippen LogP contribution >= 0.6 is 0 Å². The maximum Gasteiger partial charge on any atom is 0.253 e. The Morgan fingerprint density at radius 1 is 1.48 bits per heavy atom. The number of carbonyl (C=O) groups is 1. The molecule has 1 saturated heterocycles. The molecule has 3 N–H and O–H groups in total. The number of allylic oxidation sites excluding steroid dienone is 2. The molecule has 0 bridgehead atoms. The van der Waals surface area contributed by atoms with Gasteiger partial charge in [-0.3, -0.25) is 4.79 Å². The maximum absolute atomic E-state index is 12.3. The summed E-state index contributed by atoms with van der Waals surface area (Å²) in [7, 11) is 0. The van der Waals surface area contributed by atoms with Crippen molar-refractivity contribution < 1.29 is 9.53 Å². The third-order valence-electron chi connectivity index (χ3n) is 4.25. The van der Waals surface area contributed by atoms with E-state index in [1.165, 1.54) is 0 Å². The Morgan fingerprint density at radius 3 is 2.84 bits per heavy atom. The number of rotatable bonds is 8. The van der Waals surface area contributed by atoms with E-state index in [2.05, 4.69) is 18.0 Å². The van der Waals surface area contributed by atoms with Gasteiger partial charge < -0.3 is 15.8 Å². The lowest BCUT2D eigenvalue weighted by Crippen LogP contribution is -2.26. The highest BCUT2D eigenvalue weighted by molar-refractivity contribution is 5.96. The van der Waals surface area contributed by atoms with Gasteiger partial charge in [-0.25, -0.2) is 0 Å². The number of nitrogens with one attached hydrogen (secondary N) is 1. The largest absolute Gasteiger partial charge is 0.402 e. The number of benzene rings is 1. The van der Waals surface area contributed by atoms with Crippen molar-refractivity contribution in [1.82, 2.24) is 5.32 Å². The molecule has 25 heavy (non-hydrogen) atoms. The van der Waals surface area contributed by atoms with E-state index in [0.29, 0.717) is 23.9 Å². The molecule has 4 heteroatoms. The molecule has 0 aliphatic carbocycles. The van der Waals surface area contributed by atoms with E-state index < -0.39 is 0 Å². The van der Waals surface area contributed by atoms with E-state index in [-0.39, 0.29) is 5.91 Å². The third kappa shape index (κ3) is 5.61. The quantitative estimate of drug-likeness (QED) is 0.560. The molecule has 1 aliphatic rings. The highest BCUT2D eigenvalue weighted by atomic mass is 16.5. The summed E-state index contributed by atoms with van der Waals surface area (Å²) in [4.78, 5) is 12.3. The highest BCUT2D eigenvalue weighted by Gasteiger charge is 2.19. The first kappa shape index (κ1) is 19.0. The number of carbonyl (C=O) groups excluding carboxylic acids is 1. The molecule has 1 aliphatic heterocycles. The van der Waals surface area contributed by atoms with Crippen molar-refractivity contribution in [2.75, 3.05) is 6.61 Å². The average Bonchev–Trinajstić information content (AvgIpc) is 2.56. The summed E-state index contributed by atoms with van der Waals surface area (Å²) in [5, 5.41) is 2.94. The van der Waals surface area contributed by atoms with Gasteiger partial charge in [0.25, 0.3) is 5.91 Å². The molecule has 0 aromatic heterocycles. The number of nitrogens with two attached hydrogens (primary N) is 1. The smallest absolute Gasteiger partial charge is 0.253 e. The van der Waals surface area contributed by atoms with Gasteiger partial charge in [-0.1, -0.05) is 43.9 Å². The molecule has 0 spiro atoms. The van der Waals surface area contributed by atoms with E-state index in [1.54, 1.807) is 13.0 Å². The van der Waals surface area contributed by atoms with Crippen LogP contribution in [0.3, 0.4) is 0 Å². The van der Waals surface area contributed by atoms with E-state index in [1.807, 2.05) is 31.2 Å². The predicted molar refractivity (Wildman–Crippen MR) is 103 cm³/mol. The van der Waals surface area contributed by atoms with Gasteiger partial charge in [-0.15, -0.1) is 0 Å². The summed E-state index contributed by atoms with van der Waals surface area (Å²) >= 11 is 0. The second kappa shape index (κ2) is 9.23. The van der Waals surface area contributed by atoms with Crippen LogP contribution in [0.2, 0.25) is 0 Å². The third-order valence-corrected chi connectivity index (χ3v) is 4.25. The molecule has 4 nitrogen and oxygen atoms in total. The molecule has 1 fully saturated rings. The Bertz CT molecular complexity index is 681. The van der Waals surface area contributed by atoms with Gasteiger partial charge in [0.2, 0.25) is 0 Å². The Labute approximate surface area is 150 Å². The van der Waals surface area contributed by atoms with Crippen LogP contribution in [0.25, 0.3) is 5.57 Å². The minimum atomic E-state index is -0.156. The normalized spacial score (nSPS) is 17.8. The van der Waals surface area contributed by atoms with Crippen LogP contribution in [0.5, 0.6) is 0 Å². The molecule has 1 heterocycles. The van der Waals surface area contributed by atoms with Gasteiger partial charge in [0, 0.05) is 18.8 Å². The van der Waals surface area contributed by atoms with Crippen LogP contribution in [0.1, 0.15) is 44.2 Å². The molecule has 0 saturated carbocycles. The van der Waals surface area contributed by atoms with Crippen molar-refractivity contribution in [3.8, 4) is 0 Å². The van der Waals surface area contributed by atoms with Gasteiger partial charge in [-0.2, -0.15) is 0 Å². The molecule has 0 radical (unpaired) electrons. The number of hydrogen-bond donors (Lipinski definition) is 2. The number of amides is 1. The van der Waals surface area contributed by atoms with Crippen LogP contribution in [-0.4, -0.2) is 18.6 Å². The Balaban J connectivity index is 1.97. The van der Waals surface area contributed by atoms with Crippen LogP contribution in [0.4, 0.5) is 0 Å². The van der Waals surface area contributed by atoms with Crippen LogP contribution in [0, 0.1) is 0 Å². The van der Waals surface area contributed by atoms with E-state index in [0.717, 1.165) is 42.6 Å². The molecule has 1 aromatic carbocycles. The maximum atomic E-state index is 12.3. The topological polar surface area (TPSA) is 64.3 Å². The minimum Gasteiger partial charge on any atom is -0.402 e. The van der Waals surface area contributed by atoms with Crippen molar-refractivity contribution in [1.29, 1.82) is 0 Å². The fourth-order valence-corrected chi connectivity index (χ4v) is 2.64. The Hall–Kier alpha value is -2.33. The fourth-order valence-electron chi connectivity index (χ4n) is 2.64. The predicted octanol–water partition coefficient (Wildman–Crippen LogP) is 3.69. The van der Waals surface area contributed by atoms with Crippen molar-refractivity contribution in [3.63, 3.8) is 0 Å². The van der Waals surface area contributed by atoms with Gasteiger partial charge in [0.05, 0.1) is 11.7 Å². The van der Waals surface area contributed by atoms with Crippen molar-refractivity contribution in [2.24, 2.45) is 5.73 Å². The van der Waals surface area contributed by atoms with Crippen molar-refractivity contribution >= 4 is 11.5 Å². The van der Waals surface area contributed by atoms with Crippen molar-refractivity contribution in [2.45, 2.75) is 45.8 Å². The van der Waals surface area contributed by atoms with Gasteiger partial charge in [-0.05, 0) is 49.0 Å². The summed E-state index contributed by atoms with van der Waals surface area (Å²) in [6, 6.07) is 8.11. The summed E-state index contributed by atoms with van der Waals surface area (Å²) in [6.07, 6.45) is 6.84. The molecular formula is C21H28N2O2. The Kier molecular flexibility index (Phi) is 7.02. The minimum absolute atomic E-state index is 0.156. The zero-order chi connectivity index (χ0) is 18.2. The standard InChI is InChI=1S/C21H28N2O2/c1-4-5-9-20(16(3)22)21(24)23-14-17-7-6-8-18(13-17)15(2)12-19-10-11-25-19/h5-9,13,19H,2,4,10-12,14,22H2,1,3H3,(H,23,24)/b9-5-,20-16-. The summed E-state index contributed by atoms with van der Waals surface area (Å²) < 4.78 is 5.47. The molecule has 1 aromatic rings. The monoisotopic (exact) mass is 340 g/mol. The van der Waals surface area contributed by atoms with E-state index in [9.17, 15) is 4.79 Å². The SMILES string of the molecule is C=C(CC1CCO1)c1cccc(CNC(=O)C(/C=C\CC)=C(/C)N)c1. The lowest BCUT2D eigenvalue weighted by Gasteiger charge is -2.27. The average molecular weight is 340 g/mol. The Morgan fingerprint density at radius 2 is 2.24 bits per heavy atom. The summed E-state index contributed by atoms with van der Waals surface area (Å²) in [6.45, 7) is 9.23. The zero-order valence-electron chi connectivity index (χ0n) is 15.2. The first-order valence-electron chi connectivity index (χ1n) is 8.81. The van der Waals surface area contributed by atoms with E-state index >= 15 is 0 Å². The highest BCUT2D eigenvalue weighted by Crippen LogP contribution is 2.25. The molecular weight excluding hydrogens is 312 g/mol. The number of hydrogen-bond acceptors (Lipinski definition) is 3. The van der Waals surface area contributed by atoms with Crippen molar-refractivity contribution in [3.05, 3.63) is 65.4 Å². The van der Waals surface area contributed by atoms with Crippen LogP contribution < -0.4 is 11.1 Å². The molecule has 1 amide bonds. The molecule has 1 unspecified atom stereocenters. The molecule has 1 atom stereocenters. The first-order chi connectivity index (χ1) is 12.0. The lowest BCUT2D eigenvalue weighted by atomic mass is 9.97. The summed E-state index contributed by atoms with van der Waals surface area (Å²) in [5.41, 5.74) is 10.1. The van der Waals surface area contributed by atoms with Gasteiger partial charge in [0.1, 0.15) is 0 Å². The molecule has 134 valence electrons. The molecule has 2 rings (SSSR count). The second-order valence-corrected chi connectivity index (χ2v) is 6.38. The lowest BCUT2D eigenvalue weighted by molar-refractivity contribution is -0.117. The number of ether oxygens (including phenoxy) is 1. The van der Waals surface area contributed by atoms with Gasteiger partial charge in [0.15, 0.2) is 0 Å². The van der Waals surface area contributed by atoms with Crippen LogP contribution in [0.15, 0.2) is 54.3 Å². The van der Waals surface area contributed by atoms with Crippen LogP contribution in [-0.2, 0) is 16.1 Å². The fraction of sp³-hybridized carbons (Fsp3) is 0.381. The zero-order valence-corrected chi connectivity index (χ0v) is 15.2. The first-order valence-corrected chi connectivity index (χ1v) is 8.81.